The van der Waals surface area contributed by atoms with Crippen molar-refractivity contribution >= 4 is 5.69 Å². The second kappa shape index (κ2) is 5.41. The number of ether oxygens (including phenoxy) is 1. The molecule has 1 heterocycles. The highest BCUT2D eigenvalue weighted by atomic mass is 16.5. The molecule has 0 spiro atoms. The van der Waals surface area contributed by atoms with Crippen LogP contribution in [0.5, 0.6) is 5.75 Å². The van der Waals surface area contributed by atoms with Gasteiger partial charge in [0.25, 0.3) is 0 Å². The summed E-state index contributed by atoms with van der Waals surface area (Å²) in [6.45, 7) is 1.28. The molecule has 0 unspecified atom stereocenters. The zero-order valence-electron chi connectivity index (χ0n) is 9.86. The van der Waals surface area contributed by atoms with Gasteiger partial charge < -0.3 is 20.8 Å². The molecule has 4 nitrogen and oxygen atoms in total. The summed E-state index contributed by atoms with van der Waals surface area (Å²) in [5.74, 6) is 0.851. The fourth-order valence-electron chi connectivity index (χ4n) is 1.64. The summed E-state index contributed by atoms with van der Waals surface area (Å²) in [5.41, 5.74) is 8.74. The number of rotatable bonds is 5. The van der Waals surface area contributed by atoms with Gasteiger partial charge in [0.15, 0.2) is 0 Å². The van der Waals surface area contributed by atoms with Gasteiger partial charge in [0.1, 0.15) is 5.75 Å². The van der Waals surface area contributed by atoms with E-state index in [1.807, 2.05) is 36.4 Å². The first-order chi connectivity index (χ1) is 8.31. The molecule has 0 bridgehead atoms. The first kappa shape index (κ1) is 11.5. The van der Waals surface area contributed by atoms with Crippen LogP contribution in [0.1, 0.15) is 11.4 Å². The Hall–Kier alpha value is -1.94. The van der Waals surface area contributed by atoms with E-state index in [1.54, 1.807) is 7.11 Å². The Morgan fingerprint density at radius 3 is 2.76 bits per heavy atom. The normalized spacial score (nSPS) is 10.2. The number of hydrogen-bond donors (Lipinski definition) is 3. The van der Waals surface area contributed by atoms with Crippen LogP contribution in [-0.2, 0) is 13.1 Å². The van der Waals surface area contributed by atoms with Crippen molar-refractivity contribution in [2.45, 2.75) is 13.1 Å². The van der Waals surface area contributed by atoms with Crippen LogP contribution in [0.3, 0.4) is 0 Å². The number of aromatic nitrogens is 1. The third kappa shape index (κ3) is 3.01. The number of H-pyrrole nitrogens is 1. The van der Waals surface area contributed by atoms with Gasteiger partial charge in [0.2, 0.25) is 0 Å². The Kier molecular flexibility index (Phi) is 3.67. The lowest BCUT2D eigenvalue weighted by atomic mass is 10.3. The molecule has 17 heavy (non-hydrogen) atoms. The highest BCUT2D eigenvalue weighted by molar-refractivity contribution is 5.48. The molecular formula is C13H17N3O. The summed E-state index contributed by atoms with van der Waals surface area (Å²) in [5, 5.41) is 3.32. The van der Waals surface area contributed by atoms with Crippen molar-refractivity contribution in [3.63, 3.8) is 0 Å². The third-order valence-electron chi connectivity index (χ3n) is 2.58. The number of hydrogen-bond acceptors (Lipinski definition) is 3. The van der Waals surface area contributed by atoms with E-state index in [9.17, 15) is 0 Å². The van der Waals surface area contributed by atoms with Crippen LogP contribution in [-0.4, -0.2) is 12.1 Å². The summed E-state index contributed by atoms with van der Waals surface area (Å²) in [6, 6.07) is 11.9. The van der Waals surface area contributed by atoms with Crippen molar-refractivity contribution in [3.05, 3.63) is 47.8 Å². The van der Waals surface area contributed by atoms with Crippen LogP contribution in [0.25, 0.3) is 0 Å². The molecule has 0 amide bonds. The second-order valence-corrected chi connectivity index (χ2v) is 3.80. The van der Waals surface area contributed by atoms with Gasteiger partial charge in [0.05, 0.1) is 13.7 Å². The fourth-order valence-corrected chi connectivity index (χ4v) is 1.64. The minimum atomic E-state index is 0.541. The van der Waals surface area contributed by atoms with Crippen LogP contribution in [0.2, 0.25) is 0 Å². The van der Waals surface area contributed by atoms with E-state index in [-0.39, 0.29) is 0 Å². The summed E-state index contributed by atoms with van der Waals surface area (Å²) in [6.07, 6.45) is 0. The monoisotopic (exact) mass is 231 g/mol. The molecule has 1 aromatic heterocycles. The van der Waals surface area contributed by atoms with Gasteiger partial charge in [-0.2, -0.15) is 0 Å². The maximum atomic E-state index is 5.54. The van der Waals surface area contributed by atoms with Gasteiger partial charge >= 0.3 is 0 Å². The Bertz CT molecular complexity index is 479. The summed E-state index contributed by atoms with van der Waals surface area (Å²) < 4.78 is 5.16. The van der Waals surface area contributed by atoms with E-state index in [1.165, 1.54) is 0 Å². The highest BCUT2D eigenvalue weighted by Gasteiger charge is 1.98. The summed E-state index contributed by atoms with van der Waals surface area (Å²) in [7, 11) is 1.66. The Morgan fingerprint density at radius 1 is 1.24 bits per heavy atom. The van der Waals surface area contributed by atoms with Crippen molar-refractivity contribution < 1.29 is 4.74 Å². The Balaban J connectivity index is 1.96. The molecule has 0 saturated carbocycles. The van der Waals surface area contributed by atoms with E-state index < -0.39 is 0 Å². The van der Waals surface area contributed by atoms with Crippen LogP contribution in [0.15, 0.2) is 36.4 Å². The molecular weight excluding hydrogens is 214 g/mol. The van der Waals surface area contributed by atoms with Crippen molar-refractivity contribution in [1.82, 2.24) is 4.98 Å². The number of anilines is 1. The van der Waals surface area contributed by atoms with E-state index >= 15 is 0 Å². The fraction of sp³-hybridized carbons (Fsp3) is 0.231. The second-order valence-electron chi connectivity index (χ2n) is 3.80. The predicted octanol–water partition coefficient (Wildman–Crippen LogP) is 2.09. The lowest BCUT2D eigenvalue weighted by Gasteiger charge is -2.06. The van der Waals surface area contributed by atoms with Crippen molar-refractivity contribution in [1.29, 1.82) is 0 Å². The lowest BCUT2D eigenvalue weighted by Crippen LogP contribution is -2.01. The van der Waals surface area contributed by atoms with Crippen molar-refractivity contribution in [2.75, 3.05) is 12.4 Å². The first-order valence-corrected chi connectivity index (χ1v) is 5.56. The van der Waals surface area contributed by atoms with Gasteiger partial charge in [0, 0.05) is 29.7 Å². The average molecular weight is 231 g/mol. The molecule has 0 aliphatic rings. The zero-order chi connectivity index (χ0) is 12.1. The first-order valence-electron chi connectivity index (χ1n) is 5.56. The van der Waals surface area contributed by atoms with E-state index in [0.29, 0.717) is 6.54 Å². The molecule has 90 valence electrons. The van der Waals surface area contributed by atoms with Gasteiger partial charge in [-0.05, 0) is 24.3 Å². The summed E-state index contributed by atoms with van der Waals surface area (Å²) in [4.78, 5) is 3.24. The average Bonchev–Trinajstić information content (AvgIpc) is 2.84. The molecule has 0 atom stereocenters. The van der Waals surface area contributed by atoms with Crippen LogP contribution < -0.4 is 15.8 Å². The molecule has 4 N–H and O–H groups in total. The molecule has 2 rings (SSSR count). The predicted molar refractivity (Wildman–Crippen MR) is 69.0 cm³/mol. The quantitative estimate of drug-likeness (QED) is 0.738. The third-order valence-corrected chi connectivity index (χ3v) is 2.58. The van der Waals surface area contributed by atoms with Gasteiger partial charge in [-0.1, -0.05) is 6.07 Å². The maximum Gasteiger partial charge on any atom is 0.120 e. The van der Waals surface area contributed by atoms with Crippen LogP contribution >= 0.6 is 0 Å². The molecule has 1 aromatic carbocycles. The Labute approximate surface area is 101 Å². The van der Waals surface area contributed by atoms with Crippen LogP contribution in [0, 0.1) is 0 Å². The number of nitrogens with two attached hydrogens (primary N) is 1. The molecule has 0 aliphatic heterocycles. The van der Waals surface area contributed by atoms with Crippen molar-refractivity contribution in [2.24, 2.45) is 5.73 Å². The zero-order valence-corrected chi connectivity index (χ0v) is 9.86. The van der Waals surface area contributed by atoms with E-state index in [2.05, 4.69) is 10.3 Å². The molecule has 2 aromatic rings. The topological polar surface area (TPSA) is 63.1 Å². The molecule has 0 fully saturated rings. The number of nitrogens with one attached hydrogen (secondary N) is 2. The van der Waals surface area contributed by atoms with E-state index in [0.717, 1.165) is 29.4 Å². The molecule has 0 radical (unpaired) electrons. The Morgan fingerprint density at radius 2 is 2.06 bits per heavy atom. The SMILES string of the molecule is COc1cccc(NCc2ccc(CN)[nH]2)c1. The molecule has 4 heteroatoms. The van der Waals surface area contributed by atoms with Gasteiger partial charge in [-0.3, -0.25) is 0 Å². The minimum absolute atomic E-state index is 0.541. The number of benzene rings is 1. The van der Waals surface area contributed by atoms with Crippen LogP contribution in [0.4, 0.5) is 5.69 Å². The smallest absolute Gasteiger partial charge is 0.120 e. The highest BCUT2D eigenvalue weighted by Crippen LogP contribution is 2.17. The maximum absolute atomic E-state index is 5.54. The minimum Gasteiger partial charge on any atom is -0.497 e. The number of aromatic amines is 1. The van der Waals surface area contributed by atoms with E-state index in [4.69, 9.17) is 10.5 Å². The molecule has 0 saturated heterocycles. The van der Waals surface area contributed by atoms with Gasteiger partial charge in [-0.25, -0.2) is 0 Å². The van der Waals surface area contributed by atoms with Crippen molar-refractivity contribution in [3.8, 4) is 5.75 Å². The summed E-state index contributed by atoms with van der Waals surface area (Å²) >= 11 is 0. The number of methoxy groups -OCH3 is 1. The lowest BCUT2D eigenvalue weighted by molar-refractivity contribution is 0.415. The molecule has 0 aliphatic carbocycles. The van der Waals surface area contributed by atoms with Gasteiger partial charge in [-0.15, -0.1) is 0 Å². The standard InChI is InChI=1S/C13H17N3O/c1-17-13-4-2-3-10(7-13)15-9-12-6-5-11(8-14)16-12/h2-7,15-16H,8-9,14H2,1H3. The largest absolute Gasteiger partial charge is 0.497 e.